The molecule has 1 N–H and O–H groups in total. The van der Waals surface area contributed by atoms with Crippen molar-refractivity contribution in [2.24, 2.45) is 9.98 Å². The summed E-state index contributed by atoms with van der Waals surface area (Å²) in [4.78, 5) is 10.6. The van der Waals surface area contributed by atoms with Gasteiger partial charge in [0.15, 0.2) is 5.84 Å². The van der Waals surface area contributed by atoms with E-state index < -0.39 is 0 Å². The molecule has 54 heavy (non-hydrogen) atoms. The Balaban J connectivity index is 1.25. The van der Waals surface area contributed by atoms with Crippen LogP contribution in [0, 0.1) is 0 Å². The van der Waals surface area contributed by atoms with Gasteiger partial charge in [0.05, 0.1) is 16.7 Å². The molecule has 0 aliphatic carbocycles. The SMILES string of the molecule is c1ccc(C2=NC(c3cc(-n4c5cccc(-c6ccccc6)c5c5ccc6ccccc6c54)cc4oc5ccccc5c34)=NC(c3ccccc3)N2)cc1. The third-order valence-electron chi connectivity index (χ3n) is 10.6. The van der Waals surface area contributed by atoms with E-state index in [1.165, 1.54) is 32.7 Å². The lowest BCUT2D eigenvalue weighted by Crippen LogP contribution is -2.33. The molecule has 8 aromatic carbocycles. The Morgan fingerprint density at radius 3 is 2.04 bits per heavy atom. The van der Waals surface area contributed by atoms with E-state index in [9.17, 15) is 0 Å². The highest BCUT2D eigenvalue weighted by atomic mass is 16.3. The van der Waals surface area contributed by atoms with Crippen molar-refractivity contribution in [3.05, 3.63) is 199 Å². The van der Waals surface area contributed by atoms with Crippen LogP contribution in [-0.2, 0) is 0 Å². The zero-order valence-corrected chi connectivity index (χ0v) is 29.1. The summed E-state index contributed by atoms with van der Waals surface area (Å²) in [6.07, 6.45) is -0.337. The van der Waals surface area contributed by atoms with Crippen molar-refractivity contribution in [1.29, 1.82) is 0 Å². The van der Waals surface area contributed by atoms with Gasteiger partial charge in [-0.3, -0.25) is 0 Å². The molecule has 0 spiro atoms. The number of hydrogen-bond acceptors (Lipinski definition) is 4. The van der Waals surface area contributed by atoms with Crippen LogP contribution in [0.4, 0.5) is 0 Å². The molecule has 0 bridgehead atoms. The Labute approximate surface area is 311 Å². The van der Waals surface area contributed by atoms with Crippen LogP contribution in [0.1, 0.15) is 22.9 Å². The first-order chi connectivity index (χ1) is 26.8. The lowest BCUT2D eigenvalue weighted by molar-refractivity contribution is 0.668. The van der Waals surface area contributed by atoms with Crippen molar-refractivity contribution in [3.63, 3.8) is 0 Å². The first-order valence-corrected chi connectivity index (χ1v) is 18.3. The first-order valence-electron chi connectivity index (χ1n) is 18.3. The Hall–Kier alpha value is -7.24. The van der Waals surface area contributed by atoms with Gasteiger partial charge in [0.1, 0.15) is 23.2 Å². The fourth-order valence-electron chi connectivity index (χ4n) is 8.22. The maximum atomic E-state index is 6.72. The van der Waals surface area contributed by atoms with E-state index in [0.717, 1.165) is 61.2 Å². The van der Waals surface area contributed by atoms with Gasteiger partial charge in [-0.25, -0.2) is 9.98 Å². The van der Waals surface area contributed by atoms with Gasteiger partial charge in [-0.2, -0.15) is 0 Å². The summed E-state index contributed by atoms with van der Waals surface area (Å²) >= 11 is 0. The monoisotopic (exact) mass is 692 g/mol. The molecule has 10 aromatic rings. The lowest BCUT2D eigenvalue weighted by atomic mass is 9.98. The highest BCUT2D eigenvalue weighted by Gasteiger charge is 2.26. The summed E-state index contributed by atoms with van der Waals surface area (Å²) in [5.74, 6) is 1.42. The van der Waals surface area contributed by atoms with E-state index in [1.807, 2.05) is 36.4 Å². The number of furan rings is 1. The van der Waals surface area contributed by atoms with Crippen molar-refractivity contribution in [2.75, 3.05) is 0 Å². The number of aliphatic imine (C=N–C) groups is 2. The molecular weight excluding hydrogens is 661 g/mol. The summed E-state index contributed by atoms with van der Waals surface area (Å²) < 4.78 is 9.13. The third-order valence-corrected chi connectivity index (χ3v) is 10.6. The Morgan fingerprint density at radius 1 is 0.519 bits per heavy atom. The molecule has 0 saturated carbocycles. The van der Waals surface area contributed by atoms with Crippen LogP contribution in [0.3, 0.4) is 0 Å². The standard InChI is InChI=1S/C49H32N4O/c1-4-15-31(16-5-1)36-24-14-25-41-44(36)39-28-27-32-17-10-11-22-37(32)46(39)53(41)35-29-40(45-38-23-12-13-26-42(38)54-43(45)30-35)49-51-47(33-18-6-2-7-19-33)50-48(52-49)34-20-8-3-9-21-34/h1-30,47H,(H,50,51,52). The van der Waals surface area contributed by atoms with E-state index in [4.69, 9.17) is 14.4 Å². The minimum Gasteiger partial charge on any atom is -0.456 e. The Bertz CT molecular complexity index is 3120. The number of rotatable bonds is 5. The van der Waals surface area contributed by atoms with Crippen molar-refractivity contribution in [1.82, 2.24) is 9.88 Å². The number of nitrogens with zero attached hydrogens (tertiary/aromatic N) is 3. The fourth-order valence-corrected chi connectivity index (χ4v) is 8.22. The number of benzene rings is 8. The Kier molecular flexibility index (Phi) is 6.85. The summed E-state index contributed by atoms with van der Waals surface area (Å²) in [7, 11) is 0. The van der Waals surface area contributed by atoms with E-state index in [-0.39, 0.29) is 6.17 Å². The average Bonchev–Trinajstić information content (AvgIpc) is 3.80. The van der Waals surface area contributed by atoms with Crippen LogP contribution in [0.5, 0.6) is 0 Å². The number of hydrogen-bond donors (Lipinski definition) is 1. The van der Waals surface area contributed by atoms with Gasteiger partial charge in [0.25, 0.3) is 0 Å². The number of amidine groups is 2. The molecule has 2 aromatic heterocycles. The number of fused-ring (bicyclic) bond motifs is 8. The molecule has 5 nitrogen and oxygen atoms in total. The van der Waals surface area contributed by atoms with Crippen molar-refractivity contribution in [2.45, 2.75) is 6.17 Å². The van der Waals surface area contributed by atoms with Gasteiger partial charge >= 0.3 is 0 Å². The van der Waals surface area contributed by atoms with Gasteiger partial charge in [-0.05, 0) is 40.3 Å². The Morgan fingerprint density at radius 2 is 1.22 bits per heavy atom. The van der Waals surface area contributed by atoms with Crippen molar-refractivity contribution >= 4 is 66.2 Å². The molecule has 1 aliphatic rings. The summed E-state index contributed by atoms with van der Waals surface area (Å²) in [6, 6.07) is 63.8. The fraction of sp³-hybridized carbons (Fsp3) is 0.0204. The van der Waals surface area contributed by atoms with Crippen molar-refractivity contribution in [3.8, 4) is 16.8 Å². The molecule has 3 heterocycles. The van der Waals surface area contributed by atoms with Gasteiger partial charge in [0.2, 0.25) is 0 Å². The molecule has 1 aliphatic heterocycles. The molecule has 0 saturated heterocycles. The summed E-state index contributed by atoms with van der Waals surface area (Å²) in [6.45, 7) is 0. The second kappa shape index (κ2) is 12.2. The predicted octanol–water partition coefficient (Wildman–Crippen LogP) is 12.0. The van der Waals surface area contributed by atoms with Crippen LogP contribution in [0.15, 0.2) is 196 Å². The van der Waals surface area contributed by atoms with Gasteiger partial charge in [-0.15, -0.1) is 0 Å². The molecule has 0 fully saturated rings. The van der Waals surface area contributed by atoms with Crippen LogP contribution in [0.25, 0.3) is 71.3 Å². The predicted molar refractivity (Wildman–Crippen MR) is 223 cm³/mol. The van der Waals surface area contributed by atoms with Crippen LogP contribution in [0.2, 0.25) is 0 Å². The van der Waals surface area contributed by atoms with Crippen molar-refractivity contribution < 1.29 is 4.42 Å². The molecule has 254 valence electrons. The third kappa shape index (κ3) is 4.79. The molecule has 11 rings (SSSR count). The molecule has 5 heteroatoms. The molecule has 0 amide bonds. The zero-order valence-electron chi connectivity index (χ0n) is 29.1. The number of aromatic nitrogens is 1. The lowest BCUT2D eigenvalue weighted by Gasteiger charge is -2.24. The minimum atomic E-state index is -0.337. The van der Waals surface area contributed by atoms with Crippen LogP contribution in [-0.4, -0.2) is 16.2 Å². The average molecular weight is 693 g/mol. The van der Waals surface area contributed by atoms with E-state index >= 15 is 0 Å². The minimum absolute atomic E-state index is 0.337. The largest absolute Gasteiger partial charge is 0.456 e. The zero-order chi connectivity index (χ0) is 35.6. The topological polar surface area (TPSA) is 54.8 Å². The maximum absolute atomic E-state index is 6.72. The van der Waals surface area contributed by atoms with Crippen LogP contribution >= 0.6 is 0 Å². The van der Waals surface area contributed by atoms with Gasteiger partial charge in [-0.1, -0.05) is 158 Å². The second-order valence-corrected chi connectivity index (χ2v) is 13.8. The summed E-state index contributed by atoms with van der Waals surface area (Å²) in [5.41, 5.74) is 10.2. The second-order valence-electron chi connectivity index (χ2n) is 13.8. The first kappa shape index (κ1) is 30.4. The molecule has 1 atom stereocenters. The smallest absolute Gasteiger partial charge is 0.160 e. The van der Waals surface area contributed by atoms with E-state index in [2.05, 4.69) is 155 Å². The van der Waals surface area contributed by atoms with E-state index in [1.54, 1.807) is 0 Å². The highest BCUT2D eigenvalue weighted by molar-refractivity contribution is 6.24. The molecule has 0 radical (unpaired) electrons. The van der Waals surface area contributed by atoms with Gasteiger partial charge in [0, 0.05) is 44.1 Å². The normalized spacial score (nSPS) is 14.5. The number of nitrogens with one attached hydrogen (secondary N) is 1. The number of para-hydroxylation sites is 1. The molecule has 1 unspecified atom stereocenters. The quantitative estimate of drug-likeness (QED) is 0.195. The summed E-state index contributed by atoms with van der Waals surface area (Å²) in [5, 5.41) is 10.4. The molecular formula is C49H32N4O. The van der Waals surface area contributed by atoms with E-state index in [0.29, 0.717) is 5.84 Å². The highest BCUT2D eigenvalue weighted by Crippen LogP contribution is 2.43. The van der Waals surface area contributed by atoms with Crippen LogP contribution < -0.4 is 5.32 Å². The van der Waals surface area contributed by atoms with Gasteiger partial charge < -0.3 is 14.3 Å². The maximum Gasteiger partial charge on any atom is 0.160 e.